The van der Waals surface area contributed by atoms with Crippen LogP contribution in [0.15, 0.2) is 9.59 Å². The monoisotopic (exact) mass is 263 g/mol. The maximum Gasteiger partial charge on any atom is 0.328 e. The summed E-state index contributed by atoms with van der Waals surface area (Å²) in [6, 6.07) is 0.344. The Morgan fingerprint density at radius 2 is 1.89 bits per heavy atom. The second-order valence-corrected chi connectivity index (χ2v) is 5.84. The number of aromatic nitrogens is 2. The number of aromatic amines is 1. The zero-order valence-corrected chi connectivity index (χ0v) is 11.2. The summed E-state index contributed by atoms with van der Waals surface area (Å²) in [5.74, 6) is 0. The van der Waals surface area contributed by atoms with E-state index in [9.17, 15) is 9.59 Å². The highest BCUT2D eigenvalue weighted by Crippen LogP contribution is 2.29. The second kappa shape index (κ2) is 4.96. The molecule has 1 fully saturated rings. The molecule has 3 rings (SSSR count). The van der Waals surface area contributed by atoms with E-state index in [-0.39, 0.29) is 23.3 Å². The Bertz CT molecular complexity index is 587. The van der Waals surface area contributed by atoms with Crippen LogP contribution < -0.4 is 17.0 Å². The second-order valence-electron chi connectivity index (χ2n) is 5.84. The molecule has 2 atom stereocenters. The Morgan fingerprint density at radius 1 is 1.11 bits per heavy atom. The minimum atomic E-state index is -0.246. The largest absolute Gasteiger partial charge is 0.328 e. The summed E-state index contributed by atoms with van der Waals surface area (Å²) in [5, 5.41) is 0. The third-order valence-electron chi connectivity index (χ3n) is 4.50. The van der Waals surface area contributed by atoms with Gasteiger partial charge >= 0.3 is 5.69 Å². The summed E-state index contributed by atoms with van der Waals surface area (Å²) < 4.78 is 1.84. The maximum atomic E-state index is 12.2. The molecule has 0 amide bonds. The SMILES string of the molecule is NC1CCCC(n2c3c(c(=O)[nH]c2=O)CCCC3)C1. The van der Waals surface area contributed by atoms with Gasteiger partial charge in [0.25, 0.3) is 5.56 Å². The maximum absolute atomic E-state index is 12.2. The lowest BCUT2D eigenvalue weighted by Gasteiger charge is -2.31. The van der Waals surface area contributed by atoms with Crippen molar-refractivity contribution < 1.29 is 0 Å². The number of hydrogen-bond donors (Lipinski definition) is 2. The van der Waals surface area contributed by atoms with Crippen molar-refractivity contribution in [2.75, 3.05) is 0 Å². The molecule has 2 aliphatic rings. The summed E-state index contributed by atoms with van der Waals surface area (Å²) >= 11 is 0. The van der Waals surface area contributed by atoms with Crippen LogP contribution in [-0.2, 0) is 12.8 Å². The summed E-state index contributed by atoms with van der Waals surface area (Å²) in [6.45, 7) is 0. The van der Waals surface area contributed by atoms with Crippen LogP contribution in [0.1, 0.15) is 55.8 Å². The van der Waals surface area contributed by atoms with E-state index in [0.717, 1.165) is 62.6 Å². The van der Waals surface area contributed by atoms with E-state index >= 15 is 0 Å². The molecule has 0 aromatic carbocycles. The summed E-state index contributed by atoms with van der Waals surface area (Å²) in [5.41, 5.74) is 7.40. The van der Waals surface area contributed by atoms with Gasteiger partial charge in [-0.1, -0.05) is 0 Å². The molecular weight excluding hydrogens is 242 g/mol. The van der Waals surface area contributed by atoms with Gasteiger partial charge in [0.1, 0.15) is 0 Å². The summed E-state index contributed by atoms with van der Waals surface area (Å²) in [4.78, 5) is 26.6. The van der Waals surface area contributed by atoms with E-state index in [1.54, 1.807) is 0 Å². The minimum Gasteiger partial charge on any atom is -0.328 e. The average molecular weight is 263 g/mol. The Hall–Kier alpha value is -1.36. The molecule has 3 N–H and O–H groups in total. The zero-order valence-electron chi connectivity index (χ0n) is 11.2. The molecule has 5 heteroatoms. The predicted molar refractivity (Wildman–Crippen MR) is 73.4 cm³/mol. The number of hydrogen-bond acceptors (Lipinski definition) is 3. The molecule has 1 aromatic heterocycles. The van der Waals surface area contributed by atoms with Crippen LogP contribution >= 0.6 is 0 Å². The first-order valence-corrected chi connectivity index (χ1v) is 7.29. The molecule has 5 nitrogen and oxygen atoms in total. The van der Waals surface area contributed by atoms with Crippen molar-refractivity contribution in [3.05, 3.63) is 32.1 Å². The van der Waals surface area contributed by atoms with Crippen LogP contribution in [0.2, 0.25) is 0 Å². The first kappa shape index (κ1) is 12.7. The van der Waals surface area contributed by atoms with E-state index in [0.29, 0.717) is 0 Å². The lowest BCUT2D eigenvalue weighted by molar-refractivity contribution is 0.301. The Balaban J connectivity index is 2.09. The van der Waals surface area contributed by atoms with Crippen molar-refractivity contribution >= 4 is 0 Å². The average Bonchev–Trinajstić information content (AvgIpc) is 2.39. The number of nitrogens with two attached hydrogens (primary N) is 1. The van der Waals surface area contributed by atoms with Crippen molar-refractivity contribution in [3.63, 3.8) is 0 Å². The van der Waals surface area contributed by atoms with E-state index in [4.69, 9.17) is 5.73 Å². The van der Waals surface area contributed by atoms with Crippen molar-refractivity contribution in [3.8, 4) is 0 Å². The summed E-state index contributed by atoms with van der Waals surface area (Å²) in [6.07, 6.45) is 7.69. The molecule has 19 heavy (non-hydrogen) atoms. The lowest BCUT2D eigenvalue weighted by Crippen LogP contribution is -2.41. The Morgan fingerprint density at radius 3 is 2.68 bits per heavy atom. The van der Waals surface area contributed by atoms with E-state index < -0.39 is 0 Å². The van der Waals surface area contributed by atoms with Crippen LogP contribution in [0.4, 0.5) is 0 Å². The normalized spacial score (nSPS) is 27.0. The standard InChI is InChI=1S/C14H21N3O2/c15-9-4-3-5-10(8-9)17-12-7-2-1-6-11(12)13(18)16-14(17)19/h9-10H,1-8,15H2,(H,16,18,19). The zero-order chi connectivity index (χ0) is 13.4. The molecule has 2 unspecified atom stereocenters. The van der Waals surface area contributed by atoms with Gasteiger partial charge in [0, 0.05) is 23.3 Å². The fraction of sp³-hybridized carbons (Fsp3) is 0.714. The highest BCUT2D eigenvalue weighted by Gasteiger charge is 2.26. The van der Waals surface area contributed by atoms with E-state index in [2.05, 4.69) is 4.98 Å². The number of nitrogens with zero attached hydrogens (tertiary/aromatic N) is 1. The van der Waals surface area contributed by atoms with Crippen molar-refractivity contribution in [1.29, 1.82) is 0 Å². The highest BCUT2D eigenvalue weighted by atomic mass is 16.2. The van der Waals surface area contributed by atoms with Crippen molar-refractivity contribution in [2.24, 2.45) is 5.73 Å². The molecule has 0 spiro atoms. The minimum absolute atomic E-state index is 0.167. The molecule has 0 radical (unpaired) electrons. The van der Waals surface area contributed by atoms with Crippen LogP contribution in [0, 0.1) is 0 Å². The highest BCUT2D eigenvalue weighted by molar-refractivity contribution is 5.21. The van der Waals surface area contributed by atoms with E-state index in [1.807, 2.05) is 4.57 Å². The Kier molecular flexibility index (Phi) is 3.31. The molecular formula is C14H21N3O2. The molecule has 1 heterocycles. The number of rotatable bonds is 1. The molecule has 1 aromatic rings. The van der Waals surface area contributed by atoms with Crippen molar-refractivity contribution in [1.82, 2.24) is 9.55 Å². The quantitative estimate of drug-likeness (QED) is 0.788. The third-order valence-corrected chi connectivity index (χ3v) is 4.50. The van der Waals surface area contributed by atoms with Gasteiger partial charge in [0.05, 0.1) is 0 Å². The fourth-order valence-corrected chi connectivity index (χ4v) is 3.58. The lowest BCUT2D eigenvalue weighted by atomic mass is 9.89. The van der Waals surface area contributed by atoms with Gasteiger partial charge in [0.2, 0.25) is 0 Å². The summed E-state index contributed by atoms with van der Waals surface area (Å²) in [7, 11) is 0. The van der Waals surface area contributed by atoms with Gasteiger partial charge in [-0.15, -0.1) is 0 Å². The van der Waals surface area contributed by atoms with Crippen LogP contribution in [0.5, 0.6) is 0 Å². The molecule has 104 valence electrons. The van der Waals surface area contributed by atoms with Gasteiger partial charge in [-0.3, -0.25) is 14.3 Å². The molecule has 1 saturated carbocycles. The van der Waals surface area contributed by atoms with Gasteiger partial charge in [-0.2, -0.15) is 0 Å². The van der Waals surface area contributed by atoms with E-state index in [1.165, 1.54) is 0 Å². The van der Waals surface area contributed by atoms with Gasteiger partial charge < -0.3 is 5.73 Å². The molecule has 0 bridgehead atoms. The number of fused-ring (bicyclic) bond motifs is 1. The number of nitrogens with one attached hydrogen (secondary N) is 1. The van der Waals surface area contributed by atoms with Gasteiger partial charge in [-0.05, 0) is 51.4 Å². The number of H-pyrrole nitrogens is 1. The molecule has 0 saturated heterocycles. The molecule has 0 aliphatic heterocycles. The predicted octanol–water partition coefficient (Wildman–Crippen LogP) is 0.858. The first-order chi connectivity index (χ1) is 9.16. The third kappa shape index (κ3) is 2.27. The van der Waals surface area contributed by atoms with Crippen LogP contribution in [-0.4, -0.2) is 15.6 Å². The molecule has 2 aliphatic carbocycles. The van der Waals surface area contributed by atoms with Gasteiger partial charge in [0.15, 0.2) is 0 Å². The fourth-order valence-electron chi connectivity index (χ4n) is 3.58. The van der Waals surface area contributed by atoms with Crippen molar-refractivity contribution in [2.45, 2.75) is 63.5 Å². The van der Waals surface area contributed by atoms with Crippen LogP contribution in [0.3, 0.4) is 0 Å². The smallest absolute Gasteiger partial charge is 0.328 e. The first-order valence-electron chi connectivity index (χ1n) is 7.29. The Labute approximate surface area is 111 Å². The van der Waals surface area contributed by atoms with Crippen LogP contribution in [0.25, 0.3) is 0 Å². The van der Waals surface area contributed by atoms with Gasteiger partial charge in [-0.25, -0.2) is 4.79 Å². The topological polar surface area (TPSA) is 80.9 Å².